The first kappa shape index (κ1) is 27.2. The van der Waals surface area contributed by atoms with Gasteiger partial charge in [0, 0.05) is 16.5 Å². The Bertz CT molecular complexity index is 1650. The summed E-state index contributed by atoms with van der Waals surface area (Å²) in [5.41, 5.74) is 9.13. The summed E-state index contributed by atoms with van der Waals surface area (Å²) < 4.78 is 61.9. The summed E-state index contributed by atoms with van der Waals surface area (Å²) in [6.07, 6.45) is -5.74. The van der Waals surface area contributed by atoms with E-state index in [1.165, 1.54) is 42.5 Å². The molecule has 0 fully saturated rings. The van der Waals surface area contributed by atoms with Crippen LogP contribution in [-0.4, -0.2) is 33.3 Å². The number of carboxylic acids is 1. The molecular formula is C29H21F4N3O3S. The minimum Gasteiger partial charge on any atom is -0.480 e. The van der Waals surface area contributed by atoms with Gasteiger partial charge in [0.25, 0.3) is 0 Å². The predicted molar refractivity (Wildman–Crippen MR) is 143 cm³/mol. The second kappa shape index (κ2) is 11.0. The van der Waals surface area contributed by atoms with Crippen molar-refractivity contribution in [1.82, 2.24) is 9.97 Å². The normalized spacial score (nSPS) is 13.2. The van der Waals surface area contributed by atoms with Crippen molar-refractivity contribution in [2.45, 2.75) is 24.7 Å². The van der Waals surface area contributed by atoms with Gasteiger partial charge in [-0.2, -0.15) is 13.2 Å². The summed E-state index contributed by atoms with van der Waals surface area (Å²) in [4.78, 5) is 19.3. The average molecular weight is 568 g/mol. The Kier molecular flexibility index (Phi) is 7.51. The second-order valence-electron chi connectivity index (χ2n) is 9.02. The van der Waals surface area contributed by atoms with Crippen LogP contribution >= 0.6 is 11.3 Å². The molecule has 0 aliphatic carbocycles. The van der Waals surface area contributed by atoms with Crippen LogP contribution in [0.3, 0.4) is 0 Å². The molecule has 5 rings (SSSR count). The number of rotatable bonds is 8. The van der Waals surface area contributed by atoms with Crippen LogP contribution in [0.1, 0.15) is 17.2 Å². The third kappa shape index (κ3) is 5.80. The van der Waals surface area contributed by atoms with Crippen molar-refractivity contribution in [2.24, 2.45) is 5.73 Å². The van der Waals surface area contributed by atoms with Crippen LogP contribution < -0.4 is 10.5 Å². The van der Waals surface area contributed by atoms with Gasteiger partial charge >= 0.3 is 12.1 Å². The van der Waals surface area contributed by atoms with Crippen LogP contribution in [-0.2, 0) is 11.2 Å². The van der Waals surface area contributed by atoms with Crippen molar-refractivity contribution >= 4 is 27.5 Å². The van der Waals surface area contributed by atoms with Gasteiger partial charge in [0.15, 0.2) is 0 Å². The lowest BCUT2D eigenvalue weighted by atomic mass is 10.0. The Hall–Kier alpha value is -4.35. The smallest absolute Gasteiger partial charge is 0.429 e. The Labute approximate surface area is 229 Å². The fourth-order valence-corrected chi connectivity index (χ4v) is 5.19. The van der Waals surface area contributed by atoms with Crippen molar-refractivity contribution in [2.75, 3.05) is 0 Å². The number of halogens is 4. The molecule has 204 valence electrons. The van der Waals surface area contributed by atoms with Crippen LogP contribution in [0.4, 0.5) is 17.6 Å². The Morgan fingerprint density at radius 1 is 0.975 bits per heavy atom. The van der Waals surface area contributed by atoms with Crippen molar-refractivity contribution in [3.8, 4) is 28.1 Å². The predicted octanol–water partition coefficient (Wildman–Crippen LogP) is 6.80. The first-order valence-electron chi connectivity index (χ1n) is 12.0. The zero-order chi connectivity index (χ0) is 28.4. The number of fused-ring (bicyclic) bond motifs is 1. The Balaban J connectivity index is 1.42. The van der Waals surface area contributed by atoms with E-state index in [4.69, 9.17) is 15.6 Å². The Morgan fingerprint density at radius 3 is 2.33 bits per heavy atom. The van der Waals surface area contributed by atoms with E-state index in [9.17, 15) is 22.4 Å². The summed E-state index contributed by atoms with van der Waals surface area (Å²) in [5, 5.41) is 10.8. The van der Waals surface area contributed by atoms with E-state index in [-0.39, 0.29) is 17.9 Å². The fraction of sp³-hybridized carbons (Fsp3) is 0.138. The molecule has 0 amide bonds. The molecular weight excluding hydrogens is 546 g/mol. The van der Waals surface area contributed by atoms with Crippen LogP contribution in [0.2, 0.25) is 0 Å². The average Bonchev–Trinajstić information content (AvgIpc) is 3.36. The second-order valence-corrected chi connectivity index (χ2v) is 9.90. The number of thiophene rings is 1. The summed E-state index contributed by atoms with van der Waals surface area (Å²) in [6, 6.07) is 17.4. The van der Waals surface area contributed by atoms with Gasteiger partial charge in [0.2, 0.25) is 12.0 Å². The van der Waals surface area contributed by atoms with Gasteiger partial charge in [0.1, 0.15) is 22.9 Å². The number of ether oxygens (including phenoxy) is 1. The number of carbonyl (C=O) groups is 1. The topological polar surface area (TPSA) is 98.3 Å². The van der Waals surface area contributed by atoms with Gasteiger partial charge in [0.05, 0.1) is 5.52 Å². The van der Waals surface area contributed by atoms with Gasteiger partial charge in [-0.25, -0.2) is 14.4 Å². The third-order valence-corrected chi connectivity index (χ3v) is 7.21. The number of aromatic nitrogens is 2. The van der Waals surface area contributed by atoms with E-state index in [0.29, 0.717) is 26.9 Å². The fourth-order valence-electron chi connectivity index (χ4n) is 4.23. The molecule has 6 nitrogen and oxygen atoms in total. The van der Waals surface area contributed by atoms with Gasteiger partial charge in [-0.3, -0.25) is 4.79 Å². The molecule has 2 aromatic heterocycles. The number of carboxylic acid groups (broad SMARTS) is 1. The van der Waals surface area contributed by atoms with Crippen molar-refractivity contribution < 1.29 is 32.2 Å². The van der Waals surface area contributed by atoms with Gasteiger partial charge in [-0.05, 0) is 40.8 Å². The summed E-state index contributed by atoms with van der Waals surface area (Å²) >= 11 is 1.15. The highest BCUT2D eigenvalue weighted by Crippen LogP contribution is 2.42. The van der Waals surface area contributed by atoms with E-state index in [2.05, 4.69) is 9.97 Å². The van der Waals surface area contributed by atoms with Gasteiger partial charge in [-0.1, -0.05) is 60.7 Å². The number of nitrogens with zero attached hydrogens (tertiary/aromatic N) is 2. The maximum Gasteiger partial charge on any atom is 0.429 e. The number of aliphatic carboxylic acids is 1. The van der Waals surface area contributed by atoms with Gasteiger partial charge in [-0.15, -0.1) is 11.3 Å². The third-order valence-electron chi connectivity index (χ3n) is 6.26. The molecule has 0 aliphatic heterocycles. The van der Waals surface area contributed by atoms with E-state index in [0.717, 1.165) is 28.8 Å². The van der Waals surface area contributed by atoms with E-state index < -0.39 is 30.1 Å². The monoisotopic (exact) mass is 567 g/mol. The van der Waals surface area contributed by atoms with E-state index >= 15 is 0 Å². The summed E-state index contributed by atoms with van der Waals surface area (Å²) in [5.74, 6) is -1.75. The maximum absolute atomic E-state index is 14.2. The first-order valence-corrected chi connectivity index (χ1v) is 12.9. The molecule has 0 saturated carbocycles. The van der Waals surface area contributed by atoms with E-state index in [1.807, 2.05) is 0 Å². The van der Waals surface area contributed by atoms with Crippen LogP contribution in [0.5, 0.6) is 5.88 Å². The largest absolute Gasteiger partial charge is 0.480 e. The highest BCUT2D eigenvalue weighted by atomic mass is 32.1. The van der Waals surface area contributed by atoms with E-state index in [1.54, 1.807) is 35.7 Å². The van der Waals surface area contributed by atoms with Crippen LogP contribution in [0.25, 0.3) is 32.5 Å². The molecule has 3 N–H and O–H groups in total. The molecule has 2 atom stereocenters. The number of hydrogen-bond donors (Lipinski definition) is 2. The van der Waals surface area contributed by atoms with Crippen molar-refractivity contribution in [1.29, 1.82) is 0 Å². The molecule has 0 aliphatic rings. The molecule has 5 aromatic rings. The lowest BCUT2D eigenvalue weighted by molar-refractivity contribution is -0.198. The highest BCUT2D eigenvalue weighted by molar-refractivity contribution is 7.18. The molecule has 11 heteroatoms. The molecule has 40 heavy (non-hydrogen) atoms. The summed E-state index contributed by atoms with van der Waals surface area (Å²) in [6.45, 7) is 0. The first-order chi connectivity index (χ1) is 19.1. The molecule has 0 radical (unpaired) electrons. The SMILES string of the molecule is NC(Cc1ccc(-c2csc3c(OC(c4ccc(-c5cccc(F)c5)cc4)C(F)(F)F)ncnc23)cc1)C(=O)O. The van der Waals surface area contributed by atoms with Gasteiger partial charge < -0.3 is 15.6 Å². The summed E-state index contributed by atoms with van der Waals surface area (Å²) in [7, 11) is 0. The van der Waals surface area contributed by atoms with Crippen LogP contribution in [0, 0.1) is 5.82 Å². The number of hydrogen-bond acceptors (Lipinski definition) is 6. The number of nitrogens with two attached hydrogens (primary N) is 1. The minimum atomic E-state index is -4.75. The zero-order valence-electron chi connectivity index (χ0n) is 20.6. The van der Waals surface area contributed by atoms with Crippen molar-refractivity contribution in [3.63, 3.8) is 0 Å². The lowest BCUT2D eigenvalue weighted by Crippen LogP contribution is -2.32. The molecule has 2 heterocycles. The maximum atomic E-state index is 14.2. The molecule has 0 bridgehead atoms. The van der Waals surface area contributed by atoms with Crippen LogP contribution in [0.15, 0.2) is 84.5 Å². The lowest BCUT2D eigenvalue weighted by Gasteiger charge is -2.22. The quantitative estimate of drug-likeness (QED) is 0.200. The van der Waals surface area contributed by atoms with Crippen molar-refractivity contribution in [3.05, 3.63) is 101 Å². The number of benzene rings is 3. The highest BCUT2D eigenvalue weighted by Gasteiger charge is 2.43. The zero-order valence-corrected chi connectivity index (χ0v) is 21.4. The molecule has 2 unspecified atom stereocenters. The molecule has 3 aromatic carbocycles. The molecule has 0 spiro atoms. The minimum absolute atomic E-state index is 0.133. The molecule has 0 saturated heterocycles. The number of alkyl halides is 3. The standard InChI is InChI=1S/C29H21F4N3O3S/c30-21-3-1-2-20(13-21)17-8-10-19(11-9-17)26(29(31,32)33)39-27-25-24(35-15-36-27)22(14-40-25)18-6-4-16(5-7-18)12-23(34)28(37)38/h1-11,13-15,23,26H,12,34H2,(H,37,38). The Morgan fingerprint density at radius 2 is 1.68 bits per heavy atom.